The van der Waals surface area contributed by atoms with E-state index in [0.717, 1.165) is 19.4 Å². The highest BCUT2D eigenvalue weighted by atomic mass is 16.5. The molecule has 0 aromatic heterocycles. The first-order valence-corrected chi connectivity index (χ1v) is 3.96. The van der Waals surface area contributed by atoms with Crippen LogP contribution in [0, 0.1) is 0 Å². The third-order valence-electron chi connectivity index (χ3n) is 1.28. The fourth-order valence-electron chi connectivity index (χ4n) is 0.867. The summed E-state index contributed by atoms with van der Waals surface area (Å²) in [5, 5.41) is 8.94. The molecule has 0 saturated heterocycles. The third-order valence-corrected chi connectivity index (χ3v) is 1.28. The van der Waals surface area contributed by atoms with E-state index in [-0.39, 0.29) is 12.2 Å². The van der Waals surface area contributed by atoms with E-state index in [0.29, 0.717) is 0 Å². The van der Waals surface area contributed by atoms with Gasteiger partial charge in [-0.05, 0) is 26.7 Å². The Morgan fingerprint density at radius 2 is 2.00 bits per heavy atom. The lowest BCUT2D eigenvalue weighted by atomic mass is 10.2. The predicted molar refractivity (Wildman–Crippen MR) is 42.0 cm³/mol. The van der Waals surface area contributed by atoms with Crippen LogP contribution in [0.3, 0.4) is 0 Å². The van der Waals surface area contributed by atoms with Crippen molar-refractivity contribution in [3.05, 3.63) is 0 Å². The quantitative estimate of drug-likeness (QED) is 0.638. The summed E-state index contributed by atoms with van der Waals surface area (Å²) in [5.74, 6) is 0. The molecule has 0 saturated carbocycles. The lowest BCUT2D eigenvalue weighted by molar-refractivity contribution is 0.0296. The average molecular weight is 146 g/mol. The first-order chi connectivity index (χ1) is 4.66. The summed E-state index contributed by atoms with van der Waals surface area (Å²) in [6.07, 6.45) is 1.73. The van der Waals surface area contributed by atoms with Crippen LogP contribution < -0.4 is 0 Å². The van der Waals surface area contributed by atoms with Crippen LogP contribution in [0.2, 0.25) is 0 Å². The van der Waals surface area contributed by atoms with Gasteiger partial charge in [0.2, 0.25) is 0 Å². The molecule has 0 bridgehead atoms. The molecule has 0 heterocycles. The Hall–Kier alpha value is -0.0800. The second-order valence-corrected chi connectivity index (χ2v) is 2.77. The van der Waals surface area contributed by atoms with Gasteiger partial charge in [-0.15, -0.1) is 0 Å². The minimum atomic E-state index is -0.244. The van der Waals surface area contributed by atoms with Crippen molar-refractivity contribution in [3.63, 3.8) is 0 Å². The number of aliphatic hydroxyl groups excluding tert-OH is 1. The summed E-state index contributed by atoms with van der Waals surface area (Å²) >= 11 is 0. The van der Waals surface area contributed by atoms with Crippen LogP contribution in [0.4, 0.5) is 0 Å². The molecule has 0 rings (SSSR count). The van der Waals surface area contributed by atoms with Gasteiger partial charge in [0.15, 0.2) is 0 Å². The molecule has 2 nitrogen and oxygen atoms in total. The molecule has 62 valence electrons. The summed E-state index contributed by atoms with van der Waals surface area (Å²) in [6.45, 7) is 6.65. The average Bonchev–Trinajstić information content (AvgIpc) is 1.82. The molecule has 10 heavy (non-hydrogen) atoms. The lowest BCUT2D eigenvalue weighted by Gasteiger charge is -2.13. The van der Waals surface area contributed by atoms with E-state index in [2.05, 4.69) is 6.92 Å². The van der Waals surface area contributed by atoms with E-state index < -0.39 is 0 Å². The van der Waals surface area contributed by atoms with Crippen molar-refractivity contribution in [1.29, 1.82) is 0 Å². The minimum absolute atomic E-state index is 0.194. The maximum atomic E-state index is 8.94. The minimum Gasteiger partial charge on any atom is -0.393 e. The van der Waals surface area contributed by atoms with Crippen LogP contribution in [0.5, 0.6) is 0 Å². The number of hydrogen-bond acceptors (Lipinski definition) is 2. The molecular formula is C8H18O2. The number of ether oxygens (including phenoxy) is 1. The Kier molecular flexibility index (Phi) is 5.64. The van der Waals surface area contributed by atoms with Gasteiger partial charge >= 0.3 is 0 Å². The van der Waals surface area contributed by atoms with Crippen molar-refractivity contribution in [3.8, 4) is 0 Å². The first-order valence-electron chi connectivity index (χ1n) is 3.96. The zero-order chi connectivity index (χ0) is 7.98. The predicted octanol–water partition coefficient (Wildman–Crippen LogP) is 1.57. The van der Waals surface area contributed by atoms with Crippen molar-refractivity contribution in [1.82, 2.24) is 0 Å². The highest BCUT2D eigenvalue weighted by Gasteiger charge is 2.04. The van der Waals surface area contributed by atoms with Gasteiger partial charge in [-0.2, -0.15) is 0 Å². The molecule has 0 aromatic carbocycles. The Bertz CT molecular complexity index is 71.7. The van der Waals surface area contributed by atoms with Gasteiger partial charge in [0.25, 0.3) is 0 Å². The molecular weight excluding hydrogens is 128 g/mol. The largest absolute Gasteiger partial charge is 0.393 e. The molecule has 2 heteroatoms. The molecule has 0 fully saturated rings. The standard InChI is InChI=1S/C8H18O2/c1-4-5-10-8(3)6-7(2)9/h7-9H,4-6H2,1-3H3/t7-,8-/m1/s1. The van der Waals surface area contributed by atoms with Gasteiger partial charge in [-0.3, -0.25) is 0 Å². The normalized spacial score (nSPS) is 16.8. The number of hydrogen-bond donors (Lipinski definition) is 1. The van der Waals surface area contributed by atoms with Crippen LogP contribution in [-0.4, -0.2) is 23.9 Å². The Morgan fingerprint density at radius 3 is 2.40 bits per heavy atom. The zero-order valence-electron chi connectivity index (χ0n) is 7.13. The Balaban J connectivity index is 3.16. The van der Waals surface area contributed by atoms with E-state index >= 15 is 0 Å². The molecule has 0 aliphatic rings. The fourth-order valence-corrected chi connectivity index (χ4v) is 0.867. The van der Waals surface area contributed by atoms with Gasteiger partial charge in [-0.25, -0.2) is 0 Å². The van der Waals surface area contributed by atoms with Crippen molar-refractivity contribution < 1.29 is 9.84 Å². The number of aliphatic hydroxyl groups is 1. The monoisotopic (exact) mass is 146 g/mol. The summed E-state index contributed by atoms with van der Waals surface area (Å²) in [5.41, 5.74) is 0. The summed E-state index contributed by atoms with van der Waals surface area (Å²) in [7, 11) is 0. The van der Waals surface area contributed by atoms with E-state index in [4.69, 9.17) is 9.84 Å². The van der Waals surface area contributed by atoms with Crippen LogP contribution in [0.15, 0.2) is 0 Å². The molecule has 0 radical (unpaired) electrons. The maximum absolute atomic E-state index is 8.94. The molecule has 0 spiro atoms. The van der Waals surface area contributed by atoms with Crippen molar-refractivity contribution in [2.75, 3.05) is 6.61 Å². The van der Waals surface area contributed by atoms with Gasteiger partial charge < -0.3 is 9.84 Å². The van der Waals surface area contributed by atoms with Crippen LogP contribution in [0.25, 0.3) is 0 Å². The lowest BCUT2D eigenvalue weighted by Crippen LogP contribution is -2.15. The first kappa shape index (κ1) is 9.92. The van der Waals surface area contributed by atoms with Gasteiger partial charge in [0.1, 0.15) is 0 Å². The molecule has 1 N–H and O–H groups in total. The molecule has 2 atom stereocenters. The van der Waals surface area contributed by atoms with Crippen LogP contribution >= 0.6 is 0 Å². The number of rotatable bonds is 5. The highest BCUT2D eigenvalue weighted by Crippen LogP contribution is 2.01. The van der Waals surface area contributed by atoms with Crippen LogP contribution in [-0.2, 0) is 4.74 Å². The fraction of sp³-hybridized carbons (Fsp3) is 1.00. The zero-order valence-corrected chi connectivity index (χ0v) is 7.13. The Labute approximate surface area is 63.2 Å². The van der Waals surface area contributed by atoms with E-state index in [1.54, 1.807) is 6.92 Å². The van der Waals surface area contributed by atoms with E-state index in [1.165, 1.54) is 0 Å². The summed E-state index contributed by atoms with van der Waals surface area (Å²) in [4.78, 5) is 0. The molecule has 0 aliphatic heterocycles. The van der Waals surface area contributed by atoms with Gasteiger partial charge in [0, 0.05) is 6.61 Å². The van der Waals surface area contributed by atoms with Crippen molar-refractivity contribution >= 4 is 0 Å². The summed E-state index contributed by atoms with van der Waals surface area (Å²) < 4.78 is 5.34. The maximum Gasteiger partial charge on any atom is 0.0571 e. The second kappa shape index (κ2) is 5.69. The molecule has 0 unspecified atom stereocenters. The third kappa shape index (κ3) is 6.05. The molecule has 0 aliphatic carbocycles. The smallest absolute Gasteiger partial charge is 0.0571 e. The van der Waals surface area contributed by atoms with Crippen LogP contribution in [0.1, 0.15) is 33.6 Å². The van der Waals surface area contributed by atoms with E-state index in [9.17, 15) is 0 Å². The summed E-state index contributed by atoms with van der Waals surface area (Å²) in [6, 6.07) is 0. The SMILES string of the molecule is CCCO[C@H](C)C[C@@H](C)O. The highest BCUT2D eigenvalue weighted by molar-refractivity contribution is 4.54. The molecule has 0 aromatic rings. The molecule has 0 amide bonds. The topological polar surface area (TPSA) is 29.5 Å². The Morgan fingerprint density at radius 1 is 1.40 bits per heavy atom. The van der Waals surface area contributed by atoms with Gasteiger partial charge in [-0.1, -0.05) is 6.92 Å². The van der Waals surface area contributed by atoms with E-state index in [1.807, 2.05) is 6.92 Å². The second-order valence-electron chi connectivity index (χ2n) is 2.77. The van der Waals surface area contributed by atoms with Crippen molar-refractivity contribution in [2.45, 2.75) is 45.8 Å². The van der Waals surface area contributed by atoms with Gasteiger partial charge in [0.05, 0.1) is 12.2 Å². The van der Waals surface area contributed by atoms with Crippen molar-refractivity contribution in [2.24, 2.45) is 0 Å².